The predicted molar refractivity (Wildman–Crippen MR) is 127 cm³/mol. The minimum atomic E-state index is -0.283. The molecular formula is C25H28FN3O2S. The molecule has 0 unspecified atom stereocenters. The van der Waals surface area contributed by atoms with Crippen molar-refractivity contribution in [3.63, 3.8) is 0 Å². The lowest BCUT2D eigenvalue weighted by atomic mass is 10.2. The average molecular weight is 454 g/mol. The standard InChI is InChI=1S/C25H28FN3O2S/c1-19-27-23(18-32-19)17-31-24-11-6-20(7-12-24)8-13-25(30)29(15-14-28(2)3)16-21-4-9-22(26)10-5-21/h4-13,18H,14-17H2,1-3H3/b13-8+. The number of carbonyl (C=O) groups is 1. The van der Waals surface area contributed by atoms with Gasteiger partial charge in [0.1, 0.15) is 18.2 Å². The van der Waals surface area contributed by atoms with E-state index in [9.17, 15) is 9.18 Å². The number of hydrogen-bond acceptors (Lipinski definition) is 5. The van der Waals surface area contributed by atoms with Gasteiger partial charge in [0.15, 0.2) is 0 Å². The molecule has 5 nitrogen and oxygen atoms in total. The summed E-state index contributed by atoms with van der Waals surface area (Å²) in [5.41, 5.74) is 2.72. The number of likely N-dealkylation sites (N-methyl/N-ethyl adjacent to an activating group) is 1. The second-order valence-electron chi connectivity index (χ2n) is 7.74. The second-order valence-corrected chi connectivity index (χ2v) is 8.80. The maximum absolute atomic E-state index is 13.2. The van der Waals surface area contributed by atoms with E-state index >= 15 is 0 Å². The molecule has 3 aromatic rings. The van der Waals surface area contributed by atoms with Crippen LogP contribution >= 0.6 is 11.3 Å². The molecule has 7 heteroatoms. The lowest BCUT2D eigenvalue weighted by Crippen LogP contribution is -2.35. The fourth-order valence-corrected chi connectivity index (χ4v) is 3.58. The van der Waals surface area contributed by atoms with E-state index in [0.29, 0.717) is 19.7 Å². The highest BCUT2D eigenvalue weighted by Gasteiger charge is 2.12. The third kappa shape index (κ3) is 7.59. The maximum Gasteiger partial charge on any atom is 0.246 e. The smallest absolute Gasteiger partial charge is 0.246 e. The van der Waals surface area contributed by atoms with Crippen molar-refractivity contribution in [3.8, 4) is 5.75 Å². The Bertz CT molecular complexity index is 1030. The number of benzene rings is 2. The average Bonchev–Trinajstić information content (AvgIpc) is 3.20. The number of hydrogen-bond donors (Lipinski definition) is 0. The molecule has 0 saturated heterocycles. The van der Waals surface area contributed by atoms with Crippen LogP contribution in [0.3, 0.4) is 0 Å². The predicted octanol–water partition coefficient (Wildman–Crippen LogP) is 4.77. The van der Waals surface area contributed by atoms with Crippen molar-refractivity contribution in [1.29, 1.82) is 0 Å². The number of ether oxygens (including phenoxy) is 1. The molecule has 3 rings (SSSR count). The van der Waals surface area contributed by atoms with Gasteiger partial charge in [0, 0.05) is 31.1 Å². The van der Waals surface area contributed by atoms with Gasteiger partial charge in [-0.25, -0.2) is 9.37 Å². The van der Waals surface area contributed by atoms with Gasteiger partial charge in [-0.1, -0.05) is 24.3 Å². The van der Waals surface area contributed by atoms with Crippen molar-refractivity contribution >= 4 is 23.3 Å². The van der Waals surface area contributed by atoms with Crippen LogP contribution in [0.15, 0.2) is 60.0 Å². The summed E-state index contributed by atoms with van der Waals surface area (Å²) in [7, 11) is 3.94. The third-order valence-corrected chi connectivity index (χ3v) is 5.59. The molecule has 0 radical (unpaired) electrons. The van der Waals surface area contributed by atoms with Gasteiger partial charge < -0.3 is 14.5 Å². The normalized spacial score (nSPS) is 11.3. The third-order valence-electron chi connectivity index (χ3n) is 4.77. The van der Waals surface area contributed by atoms with E-state index in [1.54, 1.807) is 40.5 Å². The summed E-state index contributed by atoms with van der Waals surface area (Å²) in [5, 5.41) is 3.01. The molecule has 168 valence electrons. The van der Waals surface area contributed by atoms with E-state index in [2.05, 4.69) is 4.98 Å². The second kappa shape index (κ2) is 11.5. The van der Waals surface area contributed by atoms with Crippen molar-refractivity contribution in [2.75, 3.05) is 27.2 Å². The first kappa shape index (κ1) is 23.6. The largest absolute Gasteiger partial charge is 0.487 e. The van der Waals surface area contributed by atoms with E-state index in [1.165, 1.54) is 12.1 Å². The topological polar surface area (TPSA) is 45.7 Å². The van der Waals surface area contributed by atoms with Gasteiger partial charge in [-0.3, -0.25) is 4.79 Å². The summed E-state index contributed by atoms with van der Waals surface area (Å²) in [5.74, 6) is 0.382. The van der Waals surface area contributed by atoms with Crippen LogP contribution in [-0.4, -0.2) is 47.9 Å². The number of aromatic nitrogens is 1. The molecule has 0 N–H and O–H groups in total. The highest BCUT2D eigenvalue weighted by molar-refractivity contribution is 7.09. The van der Waals surface area contributed by atoms with Gasteiger partial charge in [0.25, 0.3) is 0 Å². The van der Waals surface area contributed by atoms with Crippen molar-refractivity contribution in [2.45, 2.75) is 20.1 Å². The van der Waals surface area contributed by atoms with E-state index < -0.39 is 0 Å². The van der Waals surface area contributed by atoms with Crippen LogP contribution in [0.4, 0.5) is 4.39 Å². The first-order chi connectivity index (χ1) is 15.4. The molecule has 0 aliphatic carbocycles. The zero-order valence-electron chi connectivity index (χ0n) is 18.6. The lowest BCUT2D eigenvalue weighted by Gasteiger charge is -2.23. The van der Waals surface area contributed by atoms with Gasteiger partial charge in [-0.15, -0.1) is 11.3 Å². The molecule has 1 aromatic heterocycles. The van der Waals surface area contributed by atoms with Crippen LogP contribution < -0.4 is 4.74 Å². The van der Waals surface area contributed by atoms with Crippen LogP contribution in [0.25, 0.3) is 6.08 Å². The quantitative estimate of drug-likeness (QED) is 0.415. The number of rotatable bonds is 10. The van der Waals surface area contributed by atoms with E-state index in [1.807, 2.05) is 55.6 Å². The van der Waals surface area contributed by atoms with Crippen molar-refractivity contribution < 1.29 is 13.9 Å². The van der Waals surface area contributed by atoms with Crippen LogP contribution in [0.1, 0.15) is 21.8 Å². The number of thiazole rings is 1. The molecule has 0 saturated carbocycles. The van der Waals surface area contributed by atoms with Gasteiger partial charge in [-0.2, -0.15) is 0 Å². The van der Waals surface area contributed by atoms with Crippen molar-refractivity contribution in [3.05, 3.63) is 87.6 Å². The Kier molecular flexibility index (Phi) is 8.53. The Morgan fingerprint density at radius 3 is 2.44 bits per heavy atom. The Morgan fingerprint density at radius 1 is 1.09 bits per heavy atom. The molecule has 0 fully saturated rings. The highest BCUT2D eigenvalue weighted by Crippen LogP contribution is 2.16. The molecule has 0 aliphatic rings. The van der Waals surface area contributed by atoms with E-state index in [-0.39, 0.29) is 11.7 Å². The number of nitrogens with zero attached hydrogens (tertiary/aromatic N) is 3. The molecule has 0 bridgehead atoms. The van der Waals surface area contributed by atoms with Gasteiger partial charge >= 0.3 is 0 Å². The minimum absolute atomic E-state index is 0.0876. The number of halogens is 1. The summed E-state index contributed by atoms with van der Waals surface area (Å²) in [4.78, 5) is 21.0. The van der Waals surface area contributed by atoms with Gasteiger partial charge in [-0.05, 0) is 62.5 Å². The molecular weight excluding hydrogens is 425 g/mol. The van der Waals surface area contributed by atoms with Crippen molar-refractivity contribution in [2.24, 2.45) is 0 Å². The molecule has 2 aromatic carbocycles. The lowest BCUT2D eigenvalue weighted by molar-refractivity contribution is -0.126. The molecule has 0 spiro atoms. The fraction of sp³-hybridized carbons (Fsp3) is 0.280. The first-order valence-electron chi connectivity index (χ1n) is 10.4. The molecule has 32 heavy (non-hydrogen) atoms. The summed E-state index contributed by atoms with van der Waals surface area (Å²) in [6, 6.07) is 13.8. The molecule has 1 heterocycles. The monoisotopic (exact) mass is 453 g/mol. The highest BCUT2D eigenvalue weighted by atomic mass is 32.1. The van der Waals surface area contributed by atoms with Gasteiger partial charge in [0.2, 0.25) is 5.91 Å². The number of carbonyl (C=O) groups excluding carboxylic acids is 1. The Morgan fingerprint density at radius 2 is 1.81 bits per heavy atom. The Labute approximate surface area is 192 Å². The van der Waals surface area contributed by atoms with Crippen LogP contribution in [0, 0.1) is 12.7 Å². The van der Waals surface area contributed by atoms with E-state index in [4.69, 9.17) is 4.74 Å². The van der Waals surface area contributed by atoms with Crippen LogP contribution in [0.5, 0.6) is 5.75 Å². The summed E-state index contributed by atoms with van der Waals surface area (Å²) in [6.45, 7) is 4.15. The summed E-state index contributed by atoms with van der Waals surface area (Å²) < 4.78 is 19.0. The zero-order chi connectivity index (χ0) is 22.9. The maximum atomic E-state index is 13.2. The van der Waals surface area contributed by atoms with Crippen molar-refractivity contribution in [1.82, 2.24) is 14.8 Å². The SMILES string of the molecule is Cc1nc(COc2ccc(/C=C/C(=O)N(CCN(C)C)Cc3ccc(F)cc3)cc2)cs1. The first-order valence-corrected chi connectivity index (χ1v) is 11.3. The summed E-state index contributed by atoms with van der Waals surface area (Å²) in [6.07, 6.45) is 3.37. The molecule has 0 atom stereocenters. The van der Waals surface area contributed by atoms with Crippen LogP contribution in [0.2, 0.25) is 0 Å². The fourth-order valence-electron chi connectivity index (χ4n) is 2.98. The Hall–Kier alpha value is -3.03. The minimum Gasteiger partial charge on any atom is -0.487 e. The molecule has 0 aliphatic heterocycles. The zero-order valence-corrected chi connectivity index (χ0v) is 19.4. The van der Waals surface area contributed by atoms with E-state index in [0.717, 1.165) is 34.1 Å². The van der Waals surface area contributed by atoms with Crippen LogP contribution in [-0.2, 0) is 17.9 Å². The summed E-state index contributed by atoms with van der Waals surface area (Å²) >= 11 is 1.60. The molecule has 1 amide bonds. The number of amides is 1. The number of aryl methyl sites for hydroxylation is 1. The Balaban J connectivity index is 1.59. The van der Waals surface area contributed by atoms with Gasteiger partial charge in [0.05, 0.1) is 10.7 Å².